The van der Waals surface area contributed by atoms with Gasteiger partial charge in [0.15, 0.2) is 0 Å². The number of rotatable bonds is 4. The number of carbonyl (C=O) groups is 1. The van der Waals surface area contributed by atoms with Gasteiger partial charge in [0.05, 0.1) is 5.92 Å². The van der Waals surface area contributed by atoms with Crippen LogP contribution in [-0.2, 0) is 4.79 Å². The fourth-order valence-corrected chi connectivity index (χ4v) is 1.74. The zero-order chi connectivity index (χ0) is 15.5. The van der Waals surface area contributed by atoms with Crippen LogP contribution < -0.4 is 0 Å². The number of ketones is 1. The molecule has 1 rings (SSSR count). The number of halogens is 5. The summed E-state index contributed by atoms with van der Waals surface area (Å²) in [5, 5.41) is 2.79. The van der Waals surface area contributed by atoms with E-state index in [1.54, 1.807) is 0 Å². The summed E-state index contributed by atoms with van der Waals surface area (Å²) in [7, 11) is 0. The van der Waals surface area contributed by atoms with Gasteiger partial charge in [0.2, 0.25) is 0 Å². The Morgan fingerprint density at radius 2 is 1.75 bits per heavy atom. The first-order valence-corrected chi connectivity index (χ1v) is 5.24. The molecule has 4 nitrogen and oxygen atoms in total. The Kier molecular flexibility index (Phi) is 4.67. The van der Waals surface area contributed by atoms with E-state index in [1.807, 2.05) is 0 Å². The molecule has 0 aromatic heterocycles. The number of nitrogens with zero attached hydrogens (tertiary/aromatic N) is 3. The van der Waals surface area contributed by atoms with Crippen molar-refractivity contribution in [3.63, 3.8) is 0 Å². The highest BCUT2D eigenvalue weighted by Crippen LogP contribution is 2.39. The summed E-state index contributed by atoms with van der Waals surface area (Å²) in [6.45, 7) is 0.799. The monoisotopic (exact) mass is 293 g/mol. The average Bonchev–Trinajstić information content (AvgIpc) is 2.24. The smallest absolute Gasteiger partial charge is 0.300 e. The number of hydrogen-bond acceptors (Lipinski definition) is 2. The molecule has 0 aliphatic heterocycles. The van der Waals surface area contributed by atoms with Crippen molar-refractivity contribution in [2.45, 2.75) is 25.1 Å². The minimum absolute atomic E-state index is 0.396. The van der Waals surface area contributed by atoms with Crippen molar-refractivity contribution in [2.24, 2.45) is 5.11 Å². The van der Waals surface area contributed by atoms with Gasteiger partial charge in [-0.05, 0) is 30.2 Å². The predicted molar refractivity (Wildman–Crippen MR) is 58.8 cm³/mol. The topological polar surface area (TPSA) is 65.8 Å². The fourth-order valence-electron chi connectivity index (χ4n) is 1.74. The zero-order valence-electron chi connectivity index (χ0n) is 10.0. The second kappa shape index (κ2) is 5.87. The van der Waals surface area contributed by atoms with Crippen molar-refractivity contribution in [1.82, 2.24) is 0 Å². The molecule has 1 aromatic rings. The van der Waals surface area contributed by atoms with Crippen LogP contribution in [0.3, 0.4) is 0 Å². The van der Waals surface area contributed by atoms with Crippen LogP contribution in [0.1, 0.15) is 18.4 Å². The highest BCUT2D eigenvalue weighted by molar-refractivity contribution is 5.83. The molecule has 0 saturated carbocycles. The minimum atomic E-state index is -5.01. The lowest BCUT2D eigenvalue weighted by atomic mass is 9.89. The lowest BCUT2D eigenvalue weighted by Crippen LogP contribution is -2.35. The van der Waals surface area contributed by atoms with E-state index in [9.17, 15) is 26.7 Å². The number of azide groups is 1. The molecular formula is C11H8F5N3O. The van der Waals surface area contributed by atoms with Crippen LogP contribution in [0.25, 0.3) is 10.4 Å². The third-order valence-corrected chi connectivity index (χ3v) is 2.50. The van der Waals surface area contributed by atoms with Gasteiger partial charge >= 0.3 is 6.18 Å². The Morgan fingerprint density at radius 3 is 2.10 bits per heavy atom. The van der Waals surface area contributed by atoms with Gasteiger partial charge in [-0.25, -0.2) is 8.78 Å². The van der Waals surface area contributed by atoms with Gasteiger partial charge < -0.3 is 0 Å². The summed E-state index contributed by atoms with van der Waals surface area (Å²) in [5.41, 5.74) is 7.43. The molecule has 0 amide bonds. The van der Waals surface area contributed by atoms with E-state index < -0.39 is 41.1 Å². The third kappa shape index (κ3) is 3.67. The Balaban J connectivity index is 3.46. The average molecular weight is 293 g/mol. The molecule has 0 heterocycles. The Morgan fingerprint density at radius 1 is 1.25 bits per heavy atom. The first-order valence-electron chi connectivity index (χ1n) is 5.24. The summed E-state index contributed by atoms with van der Waals surface area (Å²) < 4.78 is 65.1. The normalized spacial score (nSPS) is 14.3. The van der Waals surface area contributed by atoms with Gasteiger partial charge in [-0.3, -0.25) is 4.79 Å². The number of benzene rings is 1. The predicted octanol–water partition coefficient (Wildman–Crippen LogP) is 3.88. The molecule has 108 valence electrons. The second-order valence-corrected chi connectivity index (χ2v) is 3.98. The highest BCUT2D eigenvalue weighted by atomic mass is 19.4. The molecule has 0 saturated heterocycles. The molecule has 0 spiro atoms. The van der Waals surface area contributed by atoms with Crippen molar-refractivity contribution in [3.8, 4) is 0 Å². The number of hydrogen-bond donors (Lipinski definition) is 0. The van der Waals surface area contributed by atoms with Crippen LogP contribution >= 0.6 is 0 Å². The molecule has 0 aliphatic rings. The summed E-state index contributed by atoms with van der Waals surface area (Å²) >= 11 is 0. The Labute approximate surface area is 109 Å². The van der Waals surface area contributed by atoms with E-state index in [2.05, 4.69) is 10.0 Å². The Hall–Kier alpha value is -2.15. The molecule has 20 heavy (non-hydrogen) atoms. The van der Waals surface area contributed by atoms with Gasteiger partial charge in [-0.15, -0.1) is 0 Å². The van der Waals surface area contributed by atoms with Gasteiger partial charge in [0.25, 0.3) is 0 Å². The molecular weight excluding hydrogens is 285 g/mol. The first-order chi connectivity index (χ1) is 9.16. The maximum atomic E-state index is 13.0. The Bertz CT molecular complexity index is 543. The zero-order valence-corrected chi connectivity index (χ0v) is 10.0. The number of Topliss-reactive ketones (excluding diaryl/α,β-unsaturated/α-hetero) is 1. The molecule has 1 aromatic carbocycles. The van der Waals surface area contributed by atoms with Crippen LogP contribution in [0.4, 0.5) is 22.0 Å². The molecule has 9 heteroatoms. The van der Waals surface area contributed by atoms with Gasteiger partial charge in [-0.2, -0.15) is 13.2 Å². The third-order valence-electron chi connectivity index (χ3n) is 2.50. The van der Waals surface area contributed by atoms with Crippen molar-refractivity contribution >= 4 is 5.78 Å². The van der Waals surface area contributed by atoms with E-state index in [1.165, 1.54) is 0 Å². The standard InChI is InChI=1S/C11H8F5N3O/c1-5(20)10(18-19-17)9(11(14,15)16)6-2-7(12)4-8(13)3-6/h2-4,9-10H,1H3/t9-,10-/m1/s1. The van der Waals surface area contributed by atoms with Gasteiger partial charge in [0.1, 0.15) is 23.5 Å². The van der Waals surface area contributed by atoms with Gasteiger partial charge in [0, 0.05) is 11.0 Å². The largest absolute Gasteiger partial charge is 0.396 e. The molecule has 2 atom stereocenters. The van der Waals surface area contributed by atoms with Crippen molar-refractivity contribution in [1.29, 1.82) is 0 Å². The van der Waals surface area contributed by atoms with Crippen molar-refractivity contribution in [3.05, 3.63) is 45.8 Å². The summed E-state index contributed by atoms with van der Waals surface area (Å²) in [6, 6.07) is -0.831. The molecule has 0 N–H and O–H groups in total. The fraction of sp³-hybridized carbons (Fsp3) is 0.364. The van der Waals surface area contributed by atoms with Gasteiger partial charge in [-0.1, -0.05) is 5.11 Å². The molecule has 0 bridgehead atoms. The number of carbonyl (C=O) groups excluding carboxylic acids is 1. The van der Waals surface area contributed by atoms with E-state index in [-0.39, 0.29) is 0 Å². The van der Waals surface area contributed by atoms with Crippen LogP contribution in [0.15, 0.2) is 23.3 Å². The molecule has 0 radical (unpaired) electrons. The van der Waals surface area contributed by atoms with Crippen LogP contribution in [0.5, 0.6) is 0 Å². The van der Waals surface area contributed by atoms with E-state index in [0.717, 1.165) is 6.92 Å². The lowest BCUT2D eigenvalue weighted by Gasteiger charge is -2.24. The quantitative estimate of drug-likeness (QED) is 0.359. The summed E-state index contributed by atoms with van der Waals surface area (Å²) in [4.78, 5) is 13.4. The van der Waals surface area contributed by atoms with Crippen LogP contribution in [0.2, 0.25) is 0 Å². The van der Waals surface area contributed by atoms with Crippen LogP contribution in [0, 0.1) is 11.6 Å². The van der Waals surface area contributed by atoms with Crippen molar-refractivity contribution < 1.29 is 26.7 Å². The maximum absolute atomic E-state index is 13.0. The lowest BCUT2D eigenvalue weighted by molar-refractivity contribution is -0.159. The van der Waals surface area contributed by atoms with E-state index in [0.29, 0.717) is 18.2 Å². The second-order valence-electron chi connectivity index (χ2n) is 3.98. The first kappa shape index (κ1) is 15.9. The SMILES string of the molecule is CC(=O)[C@@H](N=[N+]=[N-])[C@@H](c1cc(F)cc(F)c1)C(F)(F)F. The molecule has 0 fully saturated rings. The molecule has 0 aliphatic carbocycles. The summed E-state index contributed by atoms with van der Waals surface area (Å²) in [6.07, 6.45) is -5.01. The van der Waals surface area contributed by atoms with Crippen LogP contribution in [-0.4, -0.2) is 18.0 Å². The van der Waals surface area contributed by atoms with Crippen molar-refractivity contribution in [2.75, 3.05) is 0 Å². The minimum Gasteiger partial charge on any atom is -0.300 e. The maximum Gasteiger partial charge on any atom is 0.396 e. The van der Waals surface area contributed by atoms with E-state index >= 15 is 0 Å². The molecule has 0 unspecified atom stereocenters. The highest BCUT2D eigenvalue weighted by Gasteiger charge is 2.47. The van der Waals surface area contributed by atoms with E-state index in [4.69, 9.17) is 5.53 Å². The number of alkyl halides is 3. The summed E-state index contributed by atoms with van der Waals surface area (Å²) in [5.74, 6) is -6.12.